The molecule has 29 heavy (non-hydrogen) atoms. The topological polar surface area (TPSA) is 49.8 Å². The summed E-state index contributed by atoms with van der Waals surface area (Å²) in [6, 6.07) is 10.8. The highest BCUT2D eigenvalue weighted by molar-refractivity contribution is 5.90. The summed E-state index contributed by atoms with van der Waals surface area (Å²) < 4.78 is 6.60. The van der Waals surface area contributed by atoms with Gasteiger partial charge in [0.1, 0.15) is 5.75 Å². The Balaban J connectivity index is 1.60. The van der Waals surface area contributed by atoms with Crippen LogP contribution in [0, 0.1) is 18.8 Å². The summed E-state index contributed by atoms with van der Waals surface area (Å²) in [4.78, 5) is 13.7. The maximum Gasteiger partial charge on any atom is 0.306 e. The molecule has 156 valence electrons. The van der Waals surface area contributed by atoms with Crippen molar-refractivity contribution in [2.45, 2.75) is 65.0 Å². The van der Waals surface area contributed by atoms with Crippen LogP contribution in [0.15, 0.2) is 30.3 Å². The molecule has 4 heteroatoms. The van der Waals surface area contributed by atoms with Gasteiger partial charge in [-0.3, -0.25) is 9.69 Å². The normalized spacial score (nSPS) is 23.9. The van der Waals surface area contributed by atoms with E-state index in [1.165, 1.54) is 34.7 Å². The van der Waals surface area contributed by atoms with Gasteiger partial charge in [0.25, 0.3) is 0 Å². The second-order valence-electron chi connectivity index (χ2n) is 9.10. The molecule has 1 saturated carbocycles. The monoisotopic (exact) mass is 395 g/mol. The van der Waals surface area contributed by atoms with Crippen LogP contribution in [0.2, 0.25) is 0 Å². The van der Waals surface area contributed by atoms with Crippen LogP contribution in [0.3, 0.4) is 0 Å². The van der Waals surface area contributed by atoms with E-state index in [1.807, 2.05) is 0 Å². The van der Waals surface area contributed by atoms with E-state index < -0.39 is 5.97 Å². The molecule has 4 rings (SSSR count). The summed E-state index contributed by atoms with van der Waals surface area (Å²) >= 11 is 0. The van der Waals surface area contributed by atoms with Crippen molar-refractivity contribution in [2.75, 3.05) is 13.1 Å². The minimum absolute atomic E-state index is 0.194. The van der Waals surface area contributed by atoms with Crippen LogP contribution in [0.1, 0.15) is 56.6 Å². The predicted octanol–water partition coefficient (Wildman–Crippen LogP) is 5.40. The SMILES string of the molecule is Cc1cc(O[C@H]2CC[C@@H](C)CC2)c(CN2CCC(C(=O)O)CC2)c2ccccc12. The van der Waals surface area contributed by atoms with Gasteiger partial charge in [-0.2, -0.15) is 0 Å². The van der Waals surface area contributed by atoms with Crippen molar-refractivity contribution in [3.05, 3.63) is 41.5 Å². The molecule has 4 nitrogen and oxygen atoms in total. The van der Waals surface area contributed by atoms with Gasteiger partial charge in [-0.15, -0.1) is 0 Å². The van der Waals surface area contributed by atoms with Crippen LogP contribution >= 0.6 is 0 Å². The Hall–Kier alpha value is -2.07. The number of aryl methyl sites for hydroxylation is 1. The number of aliphatic carboxylic acids is 1. The lowest BCUT2D eigenvalue weighted by Gasteiger charge is -2.32. The number of carboxylic acid groups (broad SMARTS) is 1. The third kappa shape index (κ3) is 4.58. The summed E-state index contributed by atoms with van der Waals surface area (Å²) in [6.45, 7) is 6.99. The van der Waals surface area contributed by atoms with Crippen LogP contribution in [0.4, 0.5) is 0 Å². The van der Waals surface area contributed by atoms with Crippen LogP contribution in [-0.2, 0) is 11.3 Å². The Kier molecular flexibility index (Phi) is 6.09. The highest BCUT2D eigenvalue weighted by atomic mass is 16.5. The molecule has 0 unspecified atom stereocenters. The highest BCUT2D eigenvalue weighted by Crippen LogP contribution is 2.36. The number of benzene rings is 2. The van der Waals surface area contributed by atoms with Gasteiger partial charge in [-0.25, -0.2) is 0 Å². The maximum atomic E-state index is 11.3. The lowest BCUT2D eigenvalue weighted by Crippen LogP contribution is -2.36. The molecule has 1 N–H and O–H groups in total. The summed E-state index contributed by atoms with van der Waals surface area (Å²) in [6.07, 6.45) is 6.53. The molecule has 0 spiro atoms. The molecule has 0 aromatic heterocycles. The molecule has 1 aliphatic heterocycles. The first-order chi connectivity index (χ1) is 14.0. The Morgan fingerprint density at radius 2 is 1.72 bits per heavy atom. The van der Waals surface area contributed by atoms with Gasteiger partial charge in [0.15, 0.2) is 0 Å². The molecule has 0 amide bonds. The maximum absolute atomic E-state index is 11.3. The first-order valence-electron chi connectivity index (χ1n) is 11.1. The molecular formula is C25H33NO3. The van der Waals surface area contributed by atoms with E-state index in [2.05, 4.69) is 49.1 Å². The van der Waals surface area contributed by atoms with E-state index in [-0.39, 0.29) is 5.92 Å². The summed E-state index contributed by atoms with van der Waals surface area (Å²) in [5, 5.41) is 11.8. The molecule has 0 radical (unpaired) electrons. The lowest BCUT2D eigenvalue weighted by molar-refractivity contribution is -0.143. The molecule has 2 aromatic rings. The van der Waals surface area contributed by atoms with Crippen LogP contribution < -0.4 is 4.74 Å². The fourth-order valence-corrected chi connectivity index (χ4v) is 4.94. The van der Waals surface area contributed by atoms with Crippen molar-refractivity contribution in [1.29, 1.82) is 0 Å². The van der Waals surface area contributed by atoms with Gasteiger partial charge in [-0.1, -0.05) is 31.2 Å². The van der Waals surface area contributed by atoms with Gasteiger partial charge < -0.3 is 9.84 Å². The summed E-state index contributed by atoms with van der Waals surface area (Å²) in [5.74, 6) is 0.992. The summed E-state index contributed by atoms with van der Waals surface area (Å²) in [5.41, 5.74) is 2.52. The standard InChI is InChI=1S/C25H33NO3/c1-17-7-9-20(10-8-17)29-24-15-18(2)21-5-3-4-6-22(21)23(24)16-26-13-11-19(12-14-26)25(27)28/h3-6,15,17,19-20H,7-14,16H2,1-2H3,(H,27,28)/t17-,20+. The van der Waals surface area contributed by atoms with E-state index in [0.29, 0.717) is 6.10 Å². The zero-order valence-corrected chi connectivity index (χ0v) is 17.7. The van der Waals surface area contributed by atoms with Crippen molar-refractivity contribution in [3.8, 4) is 5.75 Å². The Labute approximate surface area is 173 Å². The van der Waals surface area contributed by atoms with Crippen molar-refractivity contribution in [3.63, 3.8) is 0 Å². The minimum Gasteiger partial charge on any atom is -0.490 e. The van der Waals surface area contributed by atoms with Crippen molar-refractivity contribution >= 4 is 16.7 Å². The van der Waals surface area contributed by atoms with Gasteiger partial charge >= 0.3 is 5.97 Å². The van der Waals surface area contributed by atoms with Crippen molar-refractivity contribution in [1.82, 2.24) is 4.90 Å². The van der Waals surface area contributed by atoms with E-state index in [9.17, 15) is 9.90 Å². The molecular weight excluding hydrogens is 362 g/mol. The molecule has 1 heterocycles. The van der Waals surface area contributed by atoms with Gasteiger partial charge in [0, 0.05) is 12.1 Å². The fraction of sp³-hybridized carbons (Fsp3) is 0.560. The number of fused-ring (bicyclic) bond motifs is 1. The third-order valence-electron chi connectivity index (χ3n) is 6.90. The smallest absolute Gasteiger partial charge is 0.306 e. The Bertz CT molecular complexity index is 862. The zero-order valence-electron chi connectivity index (χ0n) is 17.7. The first-order valence-corrected chi connectivity index (χ1v) is 11.1. The minimum atomic E-state index is -0.652. The van der Waals surface area contributed by atoms with E-state index in [0.717, 1.165) is 57.0 Å². The van der Waals surface area contributed by atoms with Crippen LogP contribution in [-0.4, -0.2) is 35.2 Å². The molecule has 0 atom stereocenters. The molecule has 2 fully saturated rings. The number of carboxylic acids is 1. The van der Waals surface area contributed by atoms with Gasteiger partial charge in [-0.05, 0) is 86.9 Å². The summed E-state index contributed by atoms with van der Waals surface area (Å²) in [7, 11) is 0. The van der Waals surface area contributed by atoms with Crippen molar-refractivity contribution in [2.24, 2.45) is 11.8 Å². The quantitative estimate of drug-likeness (QED) is 0.736. The first kappa shape index (κ1) is 20.2. The molecule has 1 aliphatic carbocycles. The number of ether oxygens (including phenoxy) is 1. The average molecular weight is 396 g/mol. The number of hydrogen-bond acceptors (Lipinski definition) is 3. The Morgan fingerprint density at radius 3 is 2.38 bits per heavy atom. The van der Waals surface area contributed by atoms with Gasteiger partial charge in [0.05, 0.1) is 12.0 Å². The molecule has 1 saturated heterocycles. The number of rotatable bonds is 5. The van der Waals surface area contributed by atoms with Crippen LogP contribution in [0.25, 0.3) is 10.8 Å². The number of piperidine rings is 1. The molecule has 2 aromatic carbocycles. The average Bonchev–Trinajstić information content (AvgIpc) is 2.73. The fourth-order valence-electron chi connectivity index (χ4n) is 4.94. The Morgan fingerprint density at radius 1 is 1.07 bits per heavy atom. The van der Waals surface area contributed by atoms with Crippen LogP contribution in [0.5, 0.6) is 5.75 Å². The number of carbonyl (C=O) groups is 1. The zero-order chi connectivity index (χ0) is 20.4. The number of nitrogens with zero attached hydrogens (tertiary/aromatic N) is 1. The predicted molar refractivity (Wildman–Crippen MR) is 116 cm³/mol. The second kappa shape index (κ2) is 8.74. The lowest BCUT2D eigenvalue weighted by atomic mass is 9.89. The van der Waals surface area contributed by atoms with E-state index >= 15 is 0 Å². The largest absolute Gasteiger partial charge is 0.490 e. The van der Waals surface area contributed by atoms with Crippen molar-refractivity contribution < 1.29 is 14.6 Å². The third-order valence-corrected chi connectivity index (χ3v) is 6.90. The number of hydrogen-bond donors (Lipinski definition) is 1. The van der Waals surface area contributed by atoms with E-state index in [1.54, 1.807) is 0 Å². The highest BCUT2D eigenvalue weighted by Gasteiger charge is 2.26. The molecule has 0 bridgehead atoms. The number of likely N-dealkylation sites (tertiary alicyclic amines) is 1. The molecule has 2 aliphatic rings. The van der Waals surface area contributed by atoms with E-state index in [4.69, 9.17) is 4.74 Å². The second-order valence-corrected chi connectivity index (χ2v) is 9.10. The van der Waals surface area contributed by atoms with Gasteiger partial charge in [0.2, 0.25) is 0 Å².